The summed E-state index contributed by atoms with van der Waals surface area (Å²) in [7, 11) is 1.76. The van der Waals surface area contributed by atoms with Gasteiger partial charge in [0, 0.05) is 29.9 Å². The molecule has 8 heteroatoms. The van der Waals surface area contributed by atoms with Crippen molar-refractivity contribution in [3.05, 3.63) is 83.4 Å². The molecule has 2 aromatic carbocycles. The van der Waals surface area contributed by atoms with Crippen LogP contribution >= 0.6 is 0 Å². The molecule has 0 unspecified atom stereocenters. The van der Waals surface area contributed by atoms with Gasteiger partial charge >= 0.3 is 6.09 Å². The Kier molecular flexibility index (Phi) is 4.95. The molecule has 0 aliphatic carbocycles. The molecular formula is C26H20N6O2. The van der Waals surface area contributed by atoms with Crippen LogP contribution in [-0.2, 0) is 7.05 Å². The standard InChI is InChI=1S/C26H20N6O2/c1-15-4-6-17(12-27)10-22(15)32-24-20-11-18(19-7-5-16(2)28-13-19)8-9-21(20)29-14-23(24)31(3)25(32)30-26(33)34/h4-11,13-14H,1-3H3,(H,33,34). The molecule has 0 aliphatic rings. The first-order chi connectivity index (χ1) is 16.4. The molecule has 1 N–H and O–H groups in total. The Morgan fingerprint density at radius 3 is 2.53 bits per heavy atom. The van der Waals surface area contributed by atoms with Gasteiger partial charge in [0.2, 0.25) is 5.62 Å². The van der Waals surface area contributed by atoms with Crippen LogP contribution in [0.1, 0.15) is 16.8 Å². The van der Waals surface area contributed by atoms with Crippen molar-refractivity contribution in [2.24, 2.45) is 12.0 Å². The lowest BCUT2D eigenvalue weighted by Crippen LogP contribution is -2.25. The fraction of sp³-hybridized carbons (Fsp3) is 0.115. The van der Waals surface area contributed by atoms with E-state index in [1.165, 1.54) is 0 Å². The maximum Gasteiger partial charge on any atom is 0.434 e. The van der Waals surface area contributed by atoms with E-state index >= 15 is 0 Å². The molecule has 0 radical (unpaired) electrons. The van der Waals surface area contributed by atoms with Crippen molar-refractivity contribution in [2.75, 3.05) is 0 Å². The first-order valence-electron chi connectivity index (χ1n) is 10.6. The van der Waals surface area contributed by atoms with Crippen molar-refractivity contribution in [2.45, 2.75) is 13.8 Å². The molecule has 0 fully saturated rings. The van der Waals surface area contributed by atoms with Crippen LogP contribution in [0.3, 0.4) is 0 Å². The zero-order chi connectivity index (χ0) is 24.0. The van der Waals surface area contributed by atoms with Crippen molar-refractivity contribution in [3.8, 4) is 22.9 Å². The second-order valence-corrected chi connectivity index (χ2v) is 8.11. The number of fused-ring (bicyclic) bond motifs is 3. The minimum absolute atomic E-state index is 0.220. The Morgan fingerprint density at radius 1 is 1.03 bits per heavy atom. The highest BCUT2D eigenvalue weighted by molar-refractivity contribution is 6.04. The number of carbonyl (C=O) groups is 1. The third-order valence-electron chi connectivity index (χ3n) is 5.92. The number of aryl methyl sites for hydroxylation is 3. The van der Waals surface area contributed by atoms with Crippen LogP contribution in [0.2, 0.25) is 0 Å². The van der Waals surface area contributed by atoms with Gasteiger partial charge in [-0.25, -0.2) is 4.79 Å². The summed E-state index contributed by atoms with van der Waals surface area (Å²) in [5, 5.41) is 19.8. The summed E-state index contributed by atoms with van der Waals surface area (Å²) in [5.74, 6) is 0. The molecule has 1 amide bonds. The molecule has 0 saturated heterocycles. The van der Waals surface area contributed by atoms with Gasteiger partial charge in [-0.3, -0.25) is 14.5 Å². The first-order valence-corrected chi connectivity index (χ1v) is 10.6. The third-order valence-corrected chi connectivity index (χ3v) is 5.92. The zero-order valence-corrected chi connectivity index (χ0v) is 18.8. The Hall–Kier alpha value is -4.77. The third kappa shape index (κ3) is 3.40. The first kappa shape index (κ1) is 21.1. The van der Waals surface area contributed by atoms with Gasteiger partial charge < -0.3 is 9.67 Å². The SMILES string of the molecule is Cc1ccc(-c2ccc3ncc4c(c3c2)n(-c2cc(C#N)ccc2C)c(=NC(=O)O)n4C)cn1. The number of nitrogens with zero attached hydrogens (tertiary/aromatic N) is 6. The Bertz CT molecular complexity index is 1720. The smallest absolute Gasteiger partial charge is 0.434 e. The molecule has 0 bridgehead atoms. The van der Waals surface area contributed by atoms with Crippen LogP contribution in [0.15, 0.2) is 65.9 Å². The highest BCUT2D eigenvalue weighted by Gasteiger charge is 2.18. The summed E-state index contributed by atoms with van der Waals surface area (Å²) < 4.78 is 3.50. The molecular weight excluding hydrogens is 428 g/mol. The maximum atomic E-state index is 11.7. The van der Waals surface area contributed by atoms with E-state index in [1.807, 2.05) is 56.4 Å². The number of nitriles is 1. The van der Waals surface area contributed by atoms with Gasteiger partial charge in [0.1, 0.15) is 0 Å². The Morgan fingerprint density at radius 2 is 1.82 bits per heavy atom. The molecule has 34 heavy (non-hydrogen) atoms. The summed E-state index contributed by atoms with van der Waals surface area (Å²) in [5.41, 5.74) is 7.33. The van der Waals surface area contributed by atoms with Crippen molar-refractivity contribution in [1.82, 2.24) is 19.1 Å². The van der Waals surface area contributed by atoms with Crippen molar-refractivity contribution in [3.63, 3.8) is 0 Å². The molecule has 5 aromatic rings. The highest BCUT2D eigenvalue weighted by Crippen LogP contribution is 2.30. The normalized spacial score (nSPS) is 11.8. The average Bonchev–Trinajstić information content (AvgIpc) is 3.11. The van der Waals surface area contributed by atoms with Gasteiger partial charge in [0.05, 0.1) is 40.1 Å². The zero-order valence-electron chi connectivity index (χ0n) is 18.8. The minimum Gasteiger partial charge on any atom is -0.463 e. The number of pyridine rings is 2. The van der Waals surface area contributed by atoms with Crippen LogP contribution < -0.4 is 5.62 Å². The van der Waals surface area contributed by atoms with Crippen molar-refractivity contribution >= 4 is 28.0 Å². The van der Waals surface area contributed by atoms with Crippen LogP contribution in [-0.4, -0.2) is 30.3 Å². The summed E-state index contributed by atoms with van der Waals surface area (Å²) in [4.78, 5) is 24.6. The number of imidazole rings is 1. The van der Waals surface area contributed by atoms with Crippen LogP contribution in [0.4, 0.5) is 4.79 Å². The highest BCUT2D eigenvalue weighted by atomic mass is 16.4. The second-order valence-electron chi connectivity index (χ2n) is 8.11. The quantitative estimate of drug-likeness (QED) is 0.423. The summed E-state index contributed by atoms with van der Waals surface area (Å²) in [6.45, 7) is 3.86. The number of benzene rings is 2. The largest absolute Gasteiger partial charge is 0.463 e. The predicted molar refractivity (Wildman–Crippen MR) is 129 cm³/mol. The Labute approximate surface area is 194 Å². The second kappa shape index (κ2) is 7.98. The minimum atomic E-state index is -1.31. The fourth-order valence-electron chi connectivity index (χ4n) is 4.18. The molecule has 166 valence electrons. The fourth-order valence-corrected chi connectivity index (χ4v) is 4.18. The van der Waals surface area contributed by atoms with E-state index < -0.39 is 6.09 Å². The topological polar surface area (TPSA) is 109 Å². The summed E-state index contributed by atoms with van der Waals surface area (Å²) >= 11 is 0. The number of rotatable bonds is 2. The molecule has 8 nitrogen and oxygen atoms in total. The van der Waals surface area contributed by atoms with Gasteiger partial charge in [0.15, 0.2) is 0 Å². The molecule has 0 aliphatic heterocycles. The van der Waals surface area contributed by atoms with Crippen molar-refractivity contribution in [1.29, 1.82) is 5.26 Å². The number of hydrogen-bond acceptors (Lipinski definition) is 4. The number of aromatic nitrogens is 4. The van der Waals surface area contributed by atoms with E-state index in [0.29, 0.717) is 16.8 Å². The van der Waals surface area contributed by atoms with E-state index in [0.717, 1.165) is 38.8 Å². The van der Waals surface area contributed by atoms with E-state index in [4.69, 9.17) is 0 Å². The molecule has 5 rings (SSSR count). The van der Waals surface area contributed by atoms with Crippen molar-refractivity contribution < 1.29 is 9.90 Å². The molecule has 3 heterocycles. The van der Waals surface area contributed by atoms with Gasteiger partial charge in [-0.1, -0.05) is 18.2 Å². The Balaban J connectivity index is 1.96. The lowest BCUT2D eigenvalue weighted by Gasteiger charge is -2.11. The molecule has 0 spiro atoms. The van der Waals surface area contributed by atoms with E-state index in [9.17, 15) is 15.2 Å². The maximum absolute atomic E-state index is 11.7. The number of amides is 1. The lowest BCUT2D eigenvalue weighted by molar-refractivity contribution is 0.204. The average molecular weight is 448 g/mol. The molecule has 3 aromatic heterocycles. The van der Waals surface area contributed by atoms with Crippen LogP contribution in [0, 0.1) is 25.2 Å². The van der Waals surface area contributed by atoms with Gasteiger partial charge in [-0.05, 0) is 55.3 Å². The predicted octanol–water partition coefficient (Wildman–Crippen LogP) is 4.65. The summed E-state index contributed by atoms with van der Waals surface area (Å²) in [6, 6.07) is 17.4. The molecule has 0 atom stereocenters. The number of hydrogen-bond donors (Lipinski definition) is 1. The van der Waals surface area contributed by atoms with Gasteiger partial charge in [0.25, 0.3) is 0 Å². The monoisotopic (exact) mass is 448 g/mol. The van der Waals surface area contributed by atoms with Gasteiger partial charge in [-0.2, -0.15) is 5.26 Å². The van der Waals surface area contributed by atoms with E-state index in [2.05, 4.69) is 21.0 Å². The van der Waals surface area contributed by atoms with Crippen LogP contribution in [0.5, 0.6) is 0 Å². The van der Waals surface area contributed by atoms with Gasteiger partial charge in [-0.15, -0.1) is 4.99 Å². The lowest BCUT2D eigenvalue weighted by atomic mass is 10.0. The van der Waals surface area contributed by atoms with E-state index in [-0.39, 0.29) is 5.62 Å². The van der Waals surface area contributed by atoms with Crippen LogP contribution in [0.25, 0.3) is 38.8 Å². The molecule has 0 saturated carbocycles. The summed E-state index contributed by atoms with van der Waals surface area (Å²) in [6.07, 6.45) is 2.23. The number of carboxylic acid groups (broad SMARTS) is 1. The van der Waals surface area contributed by atoms with E-state index in [1.54, 1.807) is 34.5 Å².